The number of benzene rings is 2. The van der Waals surface area contributed by atoms with Crippen molar-refractivity contribution in [2.75, 3.05) is 0 Å². The molecule has 2 aromatic rings. The van der Waals surface area contributed by atoms with Crippen LogP contribution in [0, 0.1) is 0 Å². The Labute approximate surface area is 142 Å². The monoisotopic (exact) mass is 351 g/mol. The number of carbonyl (C=O) groups excluding carboxylic acids is 1. The van der Waals surface area contributed by atoms with E-state index in [1.54, 1.807) is 37.3 Å². The van der Waals surface area contributed by atoms with E-state index in [0.717, 1.165) is 5.56 Å². The topological polar surface area (TPSA) is 107 Å². The van der Waals surface area contributed by atoms with E-state index in [-0.39, 0.29) is 11.7 Å². The lowest BCUT2D eigenvalue weighted by atomic mass is 10.2. The van der Waals surface area contributed by atoms with Crippen molar-refractivity contribution >= 4 is 16.1 Å². The number of carbonyl (C=O) groups is 1. The SMILES string of the molecule is C[C@H](N)C(=O)OCc1ccccc1.O=S(=O)(O)Cc1ccccc1. The second kappa shape index (κ2) is 9.82. The molecule has 3 N–H and O–H groups in total. The smallest absolute Gasteiger partial charge is 0.322 e. The minimum Gasteiger partial charge on any atom is -0.460 e. The molecular formula is C17H21NO5S. The van der Waals surface area contributed by atoms with Crippen molar-refractivity contribution in [3.05, 3.63) is 71.8 Å². The quantitative estimate of drug-likeness (QED) is 0.631. The first kappa shape index (κ1) is 19.8. The number of hydrogen-bond acceptors (Lipinski definition) is 5. The van der Waals surface area contributed by atoms with Crippen LogP contribution < -0.4 is 5.73 Å². The highest BCUT2D eigenvalue weighted by atomic mass is 32.2. The Balaban J connectivity index is 0.000000243. The highest BCUT2D eigenvalue weighted by Gasteiger charge is 2.07. The van der Waals surface area contributed by atoms with Gasteiger partial charge in [-0.15, -0.1) is 0 Å². The third-order valence-corrected chi connectivity index (χ3v) is 3.49. The van der Waals surface area contributed by atoms with Crippen LogP contribution in [-0.4, -0.2) is 25.0 Å². The summed E-state index contributed by atoms with van der Waals surface area (Å²) in [5.41, 5.74) is 6.89. The van der Waals surface area contributed by atoms with Gasteiger partial charge >= 0.3 is 5.97 Å². The predicted octanol–water partition coefficient (Wildman–Crippen LogP) is 2.15. The number of rotatable bonds is 5. The van der Waals surface area contributed by atoms with E-state index in [4.69, 9.17) is 15.0 Å². The van der Waals surface area contributed by atoms with E-state index in [2.05, 4.69) is 0 Å². The minimum atomic E-state index is -3.88. The van der Waals surface area contributed by atoms with Gasteiger partial charge in [0, 0.05) is 0 Å². The van der Waals surface area contributed by atoms with E-state index < -0.39 is 16.2 Å². The average molecular weight is 351 g/mol. The highest BCUT2D eigenvalue weighted by Crippen LogP contribution is 2.03. The molecule has 24 heavy (non-hydrogen) atoms. The van der Waals surface area contributed by atoms with Crippen LogP contribution >= 0.6 is 0 Å². The fourth-order valence-corrected chi connectivity index (χ4v) is 2.26. The summed E-state index contributed by atoms with van der Waals surface area (Å²) in [7, 11) is -3.88. The third kappa shape index (κ3) is 9.04. The van der Waals surface area contributed by atoms with E-state index >= 15 is 0 Å². The maximum absolute atomic E-state index is 11.0. The molecule has 6 nitrogen and oxygen atoms in total. The molecule has 0 heterocycles. The first-order valence-corrected chi connectivity index (χ1v) is 8.84. The molecule has 2 aromatic carbocycles. The largest absolute Gasteiger partial charge is 0.460 e. The van der Waals surface area contributed by atoms with Gasteiger partial charge in [-0.05, 0) is 18.1 Å². The summed E-state index contributed by atoms with van der Waals surface area (Å²) in [6, 6.07) is 17.5. The molecule has 0 spiro atoms. The van der Waals surface area contributed by atoms with E-state index in [0.29, 0.717) is 12.2 Å². The van der Waals surface area contributed by atoms with Crippen LogP contribution in [-0.2, 0) is 32.0 Å². The molecule has 0 aromatic heterocycles. The van der Waals surface area contributed by atoms with E-state index in [9.17, 15) is 13.2 Å². The van der Waals surface area contributed by atoms with Gasteiger partial charge in [0.15, 0.2) is 0 Å². The Morgan fingerprint density at radius 1 is 1.04 bits per heavy atom. The summed E-state index contributed by atoms with van der Waals surface area (Å²) in [4.78, 5) is 11.0. The van der Waals surface area contributed by atoms with Crippen molar-refractivity contribution < 1.29 is 22.5 Å². The predicted molar refractivity (Wildman–Crippen MR) is 91.6 cm³/mol. The van der Waals surface area contributed by atoms with Crippen molar-refractivity contribution in [3.63, 3.8) is 0 Å². The second-order valence-corrected chi connectivity index (χ2v) is 6.55. The number of nitrogens with two attached hydrogens (primary N) is 1. The average Bonchev–Trinajstić information content (AvgIpc) is 2.53. The molecule has 1 atom stereocenters. The van der Waals surface area contributed by atoms with Gasteiger partial charge in [0.1, 0.15) is 18.4 Å². The Morgan fingerprint density at radius 3 is 1.92 bits per heavy atom. The van der Waals surface area contributed by atoms with Gasteiger partial charge in [0.05, 0.1) is 0 Å². The summed E-state index contributed by atoms with van der Waals surface area (Å²) in [6.45, 7) is 1.90. The van der Waals surface area contributed by atoms with Crippen LogP contribution in [0.4, 0.5) is 0 Å². The van der Waals surface area contributed by atoms with Crippen LogP contribution in [0.3, 0.4) is 0 Å². The summed E-state index contributed by atoms with van der Waals surface area (Å²) in [6.07, 6.45) is 0. The molecule has 0 aliphatic rings. The molecule has 0 aliphatic carbocycles. The fraction of sp³-hybridized carbons (Fsp3) is 0.235. The number of hydrogen-bond donors (Lipinski definition) is 2. The molecule has 7 heteroatoms. The van der Waals surface area contributed by atoms with Gasteiger partial charge in [-0.3, -0.25) is 9.35 Å². The fourth-order valence-electron chi connectivity index (χ4n) is 1.64. The Kier molecular flexibility index (Phi) is 8.11. The van der Waals surface area contributed by atoms with Crippen molar-refractivity contribution in [2.24, 2.45) is 5.73 Å². The van der Waals surface area contributed by atoms with Crippen LogP contribution in [0.5, 0.6) is 0 Å². The Bertz CT molecular complexity index is 715. The summed E-state index contributed by atoms with van der Waals surface area (Å²) in [5.74, 6) is -0.683. The molecule has 0 amide bonds. The lowest BCUT2D eigenvalue weighted by Crippen LogP contribution is -2.28. The minimum absolute atomic E-state index is 0.293. The maximum Gasteiger partial charge on any atom is 0.322 e. The van der Waals surface area contributed by atoms with Crippen molar-refractivity contribution in [3.8, 4) is 0 Å². The molecule has 0 unspecified atom stereocenters. The second-order valence-electron chi connectivity index (χ2n) is 5.09. The van der Waals surface area contributed by atoms with Gasteiger partial charge in [-0.25, -0.2) is 0 Å². The van der Waals surface area contributed by atoms with E-state index in [1.807, 2.05) is 30.3 Å². The molecule has 0 radical (unpaired) electrons. The molecule has 0 saturated heterocycles. The zero-order valence-electron chi connectivity index (χ0n) is 13.3. The zero-order chi connectivity index (χ0) is 18.0. The van der Waals surface area contributed by atoms with Gasteiger partial charge in [-0.1, -0.05) is 60.7 Å². The first-order chi connectivity index (χ1) is 11.3. The first-order valence-electron chi connectivity index (χ1n) is 7.23. The Hall–Kier alpha value is -2.22. The third-order valence-electron chi connectivity index (χ3n) is 2.79. The van der Waals surface area contributed by atoms with Crippen molar-refractivity contribution in [1.82, 2.24) is 0 Å². The van der Waals surface area contributed by atoms with Crippen molar-refractivity contribution in [1.29, 1.82) is 0 Å². The number of ether oxygens (including phenoxy) is 1. The molecule has 0 fully saturated rings. The van der Waals surface area contributed by atoms with Crippen LogP contribution in [0.1, 0.15) is 18.1 Å². The maximum atomic E-state index is 11.0. The van der Waals surface area contributed by atoms with Crippen LogP contribution in [0.25, 0.3) is 0 Å². The lowest BCUT2D eigenvalue weighted by Gasteiger charge is -2.06. The Morgan fingerprint density at radius 2 is 1.50 bits per heavy atom. The van der Waals surface area contributed by atoms with Gasteiger partial charge in [0.2, 0.25) is 0 Å². The van der Waals surface area contributed by atoms with Crippen molar-refractivity contribution in [2.45, 2.75) is 25.3 Å². The van der Waals surface area contributed by atoms with Gasteiger partial charge in [-0.2, -0.15) is 8.42 Å². The normalized spacial score (nSPS) is 11.8. The summed E-state index contributed by atoms with van der Waals surface area (Å²) in [5, 5.41) is 0. The lowest BCUT2D eigenvalue weighted by molar-refractivity contribution is -0.146. The van der Waals surface area contributed by atoms with Gasteiger partial charge < -0.3 is 10.5 Å². The molecule has 130 valence electrons. The van der Waals surface area contributed by atoms with Gasteiger partial charge in [0.25, 0.3) is 10.1 Å². The molecule has 0 saturated carbocycles. The zero-order valence-corrected chi connectivity index (χ0v) is 14.1. The molecule has 0 aliphatic heterocycles. The van der Waals surface area contributed by atoms with E-state index in [1.165, 1.54) is 0 Å². The summed E-state index contributed by atoms with van der Waals surface area (Å²) >= 11 is 0. The van der Waals surface area contributed by atoms with Crippen LogP contribution in [0.2, 0.25) is 0 Å². The standard InChI is InChI=1S/C10H13NO2.C7H8O3S/c1-8(11)10(12)13-7-9-5-3-2-4-6-9;8-11(9,10)6-7-4-2-1-3-5-7/h2-6,8H,7,11H2,1H3;1-5H,6H2,(H,8,9,10)/t8-;/m0./s1. The van der Waals surface area contributed by atoms with Crippen LogP contribution in [0.15, 0.2) is 60.7 Å². The molecular weight excluding hydrogens is 330 g/mol. The molecule has 2 rings (SSSR count). The number of esters is 1. The molecule has 0 bridgehead atoms. The summed E-state index contributed by atoms with van der Waals surface area (Å²) < 4.78 is 34.1. The highest BCUT2D eigenvalue weighted by molar-refractivity contribution is 7.85.